The molecule has 0 bridgehead atoms. The lowest BCUT2D eigenvalue weighted by atomic mass is 9.78. The van der Waals surface area contributed by atoms with Crippen LogP contribution in [0.15, 0.2) is 40.8 Å². The summed E-state index contributed by atoms with van der Waals surface area (Å²) in [5, 5.41) is 3.14. The first kappa shape index (κ1) is 19.0. The summed E-state index contributed by atoms with van der Waals surface area (Å²) in [5.74, 6) is 3.28. The van der Waals surface area contributed by atoms with Crippen LogP contribution < -0.4 is 5.32 Å². The third-order valence-corrected chi connectivity index (χ3v) is 6.34. The number of benzene rings is 1. The molecule has 1 saturated carbocycles. The molecule has 1 amide bonds. The summed E-state index contributed by atoms with van der Waals surface area (Å²) in [7, 11) is 0. The van der Waals surface area contributed by atoms with E-state index in [1.54, 1.807) is 30.0 Å². The Bertz CT molecular complexity index is 745. The lowest BCUT2D eigenvalue weighted by molar-refractivity contribution is 0.0861. The van der Waals surface area contributed by atoms with E-state index in [9.17, 15) is 9.18 Å². The molecule has 1 heterocycles. The summed E-state index contributed by atoms with van der Waals surface area (Å²) < 4.78 is 18.9. The van der Waals surface area contributed by atoms with Gasteiger partial charge in [-0.3, -0.25) is 4.79 Å². The highest BCUT2D eigenvalue weighted by Crippen LogP contribution is 2.29. The molecule has 5 heteroatoms. The van der Waals surface area contributed by atoms with Gasteiger partial charge in [0, 0.05) is 11.8 Å². The fourth-order valence-corrected chi connectivity index (χ4v) is 4.37. The second-order valence-electron chi connectivity index (χ2n) is 7.24. The number of hydrogen-bond acceptors (Lipinski definition) is 3. The van der Waals surface area contributed by atoms with Crippen molar-refractivity contribution in [3.05, 3.63) is 59.3 Å². The van der Waals surface area contributed by atoms with Crippen LogP contribution in [-0.2, 0) is 11.5 Å². The van der Waals surface area contributed by atoms with E-state index in [0.29, 0.717) is 29.1 Å². The molecule has 2 aromatic rings. The Labute approximate surface area is 158 Å². The van der Waals surface area contributed by atoms with E-state index in [2.05, 4.69) is 19.2 Å². The summed E-state index contributed by atoms with van der Waals surface area (Å²) in [6, 6.07) is 10.4. The molecule has 0 saturated heterocycles. The SMILES string of the molecule is C[C@@H]1[C@H](C)CCC[C@H]1NC(=O)c1ccc(CSCc2cccc(F)c2)o1. The van der Waals surface area contributed by atoms with Gasteiger partial charge in [0.25, 0.3) is 5.91 Å². The number of halogens is 1. The molecule has 3 rings (SSSR count). The lowest BCUT2D eigenvalue weighted by Crippen LogP contribution is -2.43. The van der Waals surface area contributed by atoms with Crippen LogP contribution in [0.25, 0.3) is 0 Å². The maximum atomic E-state index is 13.2. The zero-order chi connectivity index (χ0) is 18.5. The van der Waals surface area contributed by atoms with Crippen LogP contribution in [0.1, 0.15) is 55.0 Å². The lowest BCUT2D eigenvalue weighted by Gasteiger charge is -2.34. The van der Waals surface area contributed by atoms with Gasteiger partial charge < -0.3 is 9.73 Å². The van der Waals surface area contributed by atoms with Crippen molar-refractivity contribution < 1.29 is 13.6 Å². The molecular weight excluding hydrogens is 349 g/mol. The van der Waals surface area contributed by atoms with E-state index >= 15 is 0 Å². The maximum absolute atomic E-state index is 13.2. The van der Waals surface area contributed by atoms with Crippen molar-refractivity contribution >= 4 is 17.7 Å². The molecule has 1 aromatic carbocycles. The molecule has 3 nitrogen and oxygen atoms in total. The van der Waals surface area contributed by atoms with Gasteiger partial charge in [-0.2, -0.15) is 0 Å². The van der Waals surface area contributed by atoms with Crippen LogP contribution in [0.5, 0.6) is 0 Å². The molecule has 0 aliphatic heterocycles. The fourth-order valence-electron chi connectivity index (χ4n) is 3.50. The van der Waals surface area contributed by atoms with Crippen LogP contribution in [0.4, 0.5) is 4.39 Å². The van der Waals surface area contributed by atoms with Crippen molar-refractivity contribution in [2.45, 2.75) is 50.7 Å². The predicted octanol–water partition coefficient (Wildman–Crippen LogP) is 5.41. The van der Waals surface area contributed by atoms with Gasteiger partial charge in [-0.05, 0) is 48.1 Å². The molecule has 1 N–H and O–H groups in total. The van der Waals surface area contributed by atoms with Gasteiger partial charge in [0.05, 0.1) is 5.75 Å². The van der Waals surface area contributed by atoms with Crippen molar-refractivity contribution in [1.82, 2.24) is 5.32 Å². The van der Waals surface area contributed by atoms with Gasteiger partial charge in [0.15, 0.2) is 5.76 Å². The standard InChI is InChI=1S/C21H26FNO2S/c1-14-5-3-8-19(15(14)2)23-21(24)20-10-9-18(25-20)13-26-12-16-6-4-7-17(22)11-16/h4,6-7,9-11,14-15,19H,3,5,8,12-13H2,1-2H3,(H,23,24)/t14-,15-,19-/m1/s1. The summed E-state index contributed by atoms with van der Waals surface area (Å²) in [4.78, 5) is 12.5. The smallest absolute Gasteiger partial charge is 0.287 e. The first-order chi connectivity index (χ1) is 12.5. The molecule has 3 atom stereocenters. The van der Waals surface area contributed by atoms with Crippen molar-refractivity contribution in [2.75, 3.05) is 0 Å². The van der Waals surface area contributed by atoms with Crippen LogP contribution in [-0.4, -0.2) is 11.9 Å². The third-order valence-electron chi connectivity index (χ3n) is 5.31. The molecule has 0 unspecified atom stereocenters. The van der Waals surface area contributed by atoms with Gasteiger partial charge in [-0.25, -0.2) is 4.39 Å². The quantitative estimate of drug-likeness (QED) is 0.734. The van der Waals surface area contributed by atoms with E-state index in [1.807, 2.05) is 12.1 Å². The monoisotopic (exact) mass is 375 g/mol. The maximum Gasteiger partial charge on any atom is 0.287 e. The Kier molecular flexibility index (Phi) is 6.41. The number of hydrogen-bond donors (Lipinski definition) is 1. The van der Waals surface area contributed by atoms with Crippen molar-refractivity contribution in [1.29, 1.82) is 0 Å². The van der Waals surface area contributed by atoms with Crippen LogP contribution in [0, 0.1) is 17.7 Å². The minimum atomic E-state index is -0.216. The average Bonchev–Trinajstić information content (AvgIpc) is 3.08. The number of rotatable bonds is 6. The van der Waals surface area contributed by atoms with E-state index in [0.717, 1.165) is 24.2 Å². The van der Waals surface area contributed by atoms with Crippen LogP contribution in [0.3, 0.4) is 0 Å². The van der Waals surface area contributed by atoms with Crippen molar-refractivity contribution in [2.24, 2.45) is 11.8 Å². The molecule has 0 radical (unpaired) electrons. The normalized spacial score (nSPS) is 23.0. The molecule has 1 aliphatic rings. The largest absolute Gasteiger partial charge is 0.455 e. The highest BCUT2D eigenvalue weighted by atomic mass is 32.2. The second-order valence-corrected chi connectivity index (χ2v) is 8.22. The van der Waals surface area contributed by atoms with E-state index in [-0.39, 0.29) is 17.8 Å². The number of nitrogens with one attached hydrogen (secondary N) is 1. The number of thioether (sulfide) groups is 1. The minimum absolute atomic E-state index is 0.127. The first-order valence-electron chi connectivity index (χ1n) is 9.24. The number of furan rings is 1. The van der Waals surface area contributed by atoms with Gasteiger partial charge in [0.2, 0.25) is 0 Å². The minimum Gasteiger partial charge on any atom is -0.455 e. The zero-order valence-electron chi connectivity index (χ0n) is 15.3. The van der Waals surface area contributed by atoms with Crippen LogP contribution >= 0.6 is 11.8 Å². The molecule has 140 valence electrons. The fraction of sp³-hybridized carbons (Fsp3) is 0.476. The van der Waals surface area contributed by atoms with Gasteiger partial charge in [0.1, 0.15) is 11.6 Å². The molecule has 0 spiro atoms. The summed E-state index contributed by atoms with van der Waals surface area (Å²) >= 11 is 1.64. The summed E-state index contributed by atoms with van der Waals surface area (Å²) in [6.07, 6.45) is 3.44. The highest BCUT2D eigenvalue weighted by molar-refractivity contribution is 7.97. The van der Waals surface area contributed by atoms with Crippen LogP contribution in [0.2, 0.25) is 0 Å². The summed E-state index contributed by atoms with van der Waals surface area (Å²) in [6.45, 7) is 4.47. The Balaban J connectivity index is 1.50. The average molecular weight is 376 g/mol. The van der Waals surface area contributed by atoms with E-state index in [4.69, 9.17) is 4.42 Å². The molecule has 1 aliphatic carbocycles. The summed E-state index contributed by atoms with van der Waals surface area (Å²) in [5.41, 5.74) is 0.944. The number of amides is 1. The van der Waals surface area contributed by atoms with E-state index < -0.39 is 0 Å². The van der Waals surface area contributed by atoms with Gasteiger partial charge in [-0.15, -0.1) is 11.8 Å². The Morgan fingerprint density at radius 1 is 1.23 bits per heavy atom. The van der Waals surface area contributed by atoms with Crippen molar-refractivity contribution in [3.63, 3.8) is 0 Å². The van der Waals surface area contributed by atoms with Gasteiger partial charge in [-0.1, -0.05) is 38.8 Å². The van der Waals surface area contributed by atoms with Gasteiger partial charge >= 0.3 is 0 Å². The number of carbonyl (C=O) groups is 1. The molecule has 1 fully saturated rings. The Morgan fingerprint density at radius 3 is 2.88 bits per heavy atom. The Hall–Kier alpha value is -1.75. The third kappa shape index (κ3) is 4.91. The molecular formula is C21H26FNO2S. The van der Waals surface area contributed by atoms with Crippen molar-refractivity contribution in [3.8, 4) is 0 Å². The van der Waals surface area contributed by atoms with E-state index in [1.165, 1.54) is 12.5 Å². The highest BCUT2D eigenvalue weighted by Gasteiger charge is 2.29. The first-order valence-corrected chi connectivity index (χ1v) is 10.4. The Morgan fingerprint density at radius 2 is 2.08 bits per heavy atom. The topological polar surface area (TPSA) is 42.2 Å². The zero-order valence-corrected chi connectivity index (χ0v) is 16.2. The number of carbonyl (C=O) groups excluding carboxylic acids is 1. The molecule has 1 aromatic heterocycles. The molecule has 26 heavy (non-hydrogen) atoms. The predicted molar refractivity (Wildman–Crippen MR) is 104 cm³/mol. The second kappa shape index (κ2) is 8.76.